The van der Waals surface area contributed by atoms with Crippen LogP contribution < -0.4 is 0 Å². The number of hydrogen-bond donors (Lipinski definition) is 0. The Kier molecular flexibility index (Phi) is 8.22. The van der Waals surface area contributed by atoms with Gasteiger partial charge in [-0.3, -0.25) is 0 Å². The van der Waals surface area contributed by atoms with Gasteiger partial charge in [-0.1, -0.05) is 153 Å². The Labute approximate surface area is 376 Å². The molecule has 0 N–H and O–H groups in total. The maximum absolute atomic E-state index is 6.25. The Balaban J connectivity index is 0.958. The molecule has 0 saturated heterocycles. The second-order valence-electron chi connectivity index (χ2n) is 17.8. The van der Waals surface area contributed by atoms with E-state index in [9.17, 15) is 0 Å². The van der Waals surface area contributed by atoms with Gasteiger partial charge in [0, 0.05) is 43.7 Å². The van der Waals surface area contributed by atoms with Crippen molar-refractivity contribution < 1.29 is 8.83 Å². The summed E-state index contributed by atoms with van der Waals surface area (Å²) in [5.41, 5.74) is 20.2. The summed E-state index contributed by atoms with van der Waals surface area (Å²) in [4.78, 5) is 10.6. The highest BCUT2D eigenvalue weighted by Gasteiger charge is 2.35. The molecule has 1 aliphatic rings. The molecule has 0 atom stereocenters. The Morgan fingerprint density at radius 1 is 0.308 bits per heavy atom. The zero-order chi connectivity index (χ0) is 43.2. The topological polar surface area (TPSA) is 52.1 Å². The van der Waals surface area contributed by atoms with Gasteiger partial charge in [0.05, 0.1) is 11.4 Å². The van der Waals surface area contributed by atoms with Crippen molar-refractivity contribution in [3.63, 3.8) is 0 Å². The summed E-state index contributed by atoms with van der Waals surface area (Å²) in [5, 5.41) is 4.37. The van der Waals surface area contributed by atoms with Crippen molar-refractivity contribution in [2.45, 2.75) is 19.3 Å². The van der Waals surface area contributed by atoms with Gasteiger partial charge in [0.25, 0.3) is 0 Å². The van der Waals surface area contributed by atoms with E-state index in [1.807, 2.05) is 42.5 Å². The molecular weight excluding hydrogens is 793 g/mol. The minimum absolute atomic E-state index is 0.0645. The van der Waals surface area contributed by atoms with Crippen molar-refractivity contribution in [1.82, 2.24) is 9.97 Å². The first kappa shape index (κ1) is 37.2. The first-order valence-electron chi connectivity index (χ1n) is 22.2. The third-order valence-electron chi connectivity index (χ3n) is 13.5. The molecule has 12 aromatic rings. The van der Waals surface area contributed by atoms with Gasteiger partial charge < -0.3 is 8.83 Å². The highest BCUT2D eigenvalue weighted by Crippen LogP contribution is 2.49. The number of nitrogens with zero attached hydrogens (tertiary/aromatic N) is 2. The summed E-state index contributed by atoms with van der Waals surface area (Å²) in [7, 11) is 0. The lowest BCUT2D eigenvalue weighted by atomic mass is 9.81. The second kappa shape index (κ2) is 14.3. The molecule has 0 amide bonds. The largest absolute Gasteiger partial charge is 0.456 e. The van der Waals surface area contributed by atoms with Gasteiger partial charge >= 0.3 is 0 Å². The van der Waals surface area contributed by atoms with Gasteiger partial charge in [-0.25, -0.2) is 9.97 Å². The SMILES string of the molecule is CC1(C)c2ccccc2-c2ccc(-c3ccc(-c4cc(-c5cc(-c6ccc7oc8ccccc8c7c6)cc(-c6ccc7oc8ccccc8c7c6)c5)nc(-c5ccccc5)n4)cc3)cc21. The van der Waals surface area contributed by atoms with Crippen molar-refractivity contribution >= 4 is 43.9 Å². The van der Waals surface area contributed by atoms with Gasteiger partial charge in [0.2, 0.25) is 0 Å². The highest BCUT2D eigenvalue weighted by molar-refractivity contribution is 6.08. The van der Waals surface area contributed by atoms with E-state index in [0.29, 0.717) is 5.82 Å². The Morgan fingerprint density at radius 3 is 1.45 bits per heavy atom. The van der Waals surface area contributed by atoms with E-state index in [0.717, 1.165) is 94.2 Å². The standard InChI is InChI=1S/C61H40N2O2/c1-61(2)52-17-9-6-14-46(52)47-27-24-42(35-53(47)61)37-20-22-38(23-21-37)54-36-55(63-60(62-54)39-12-4-3-5-13-39)45-31-43(40-25-28-58-50(33-40)48-15-7-10-18-56(48)64-58)30-44(32-45)41-26-29-59-51(34-41)49-16-8-11-19-57(49)65-59/h3-36H,1-2H3. The van der Waals surface area contributed by atoms with E-state index in [-0.39, 0.29) is 5.41 Å². The van der Waals surface area contributed by atoms with Crippen molar-refractivity contribution in [1.29, 1.82) is 0 Å². The Bertz CT molecular complexity index is 3720. The van der Waals surface area contributed by atoms with E-state index >= 15 is 0 Å². The van der Waals surface area contributed by atoms with Gasteiger partial charge in [-0.2, -0.15) is 0 Å². The molecule has 13 rings (SSSR count). The number of hydrogen-bond acceptors (Lipinski definition) is 4. The molecule has 0 spiro atoms. The van der Waals surface area contributed by atoms with Gasteiger partial charge in [-0.05, 0) is 122 Å². The molecule has 65 heavy (non-hydrogen) atoms. The molecule has 1 aliphatic carbocycles. The molecule has 0 radical (unpaired) electrons. The lowest BCUT2D eigenvalue weighted by molar-refractivity contribution is 0.660. The van der Waals surface area contributed by atoms with Crippen LogP contribution in [0, 0.1) is 0 Å². The van der Waals surface area contributed by atoms with E-state index < -0.39 is 0 Å². The molecule has 9 aromatic carbocycles. The normalized spacial score (nSPS) is 12.9. The van der Waals surface area contributed by atoms with Crippen LogP contribution in [0.3, 0.4) is 0 Å². The number of aromatic nitrogens is 2. The van der Waals surface area contributed by atoms with Crippen LogP contribution in [-0.2, 0) is 5.41 Å². The average molecular weight is 833 g/mol. The summed E-state index contributed by atoms with van der Waals surface area (Å²) in [5.74, 6) is 0.673. The van der Waals surface area contributed by atoms with E-state index in [4.69, 9.17) is 18.8 Å². The molecule has 0 unspecified atom stereocenters. The zero-order valence-corrected chi connectivity index (χ0v) is 35.8. The maximum Gasteiger partial charge on any atom is 0.160 e. The second-order valence-corrected chi connectivity index (χ2v) is 17.8. The van der Waals surface area contributed by atoms with Crippen LogP contribution in [0.2, 0.25) is 0 Å². The van der Waals surface area contributed by atoms with Gasteiger partial charge in [0.1, 0.15) is 22.3 Å². The minimum atomic E-state index is -0.0645. The third kappa shape index (κ3) is 6.13. The first-order valence-corrected chi connectivity index (χ1v) is 22.2. The van der Waals surface area contributed by atoms with Crippen LogP contribution >= 0.6 is 0 Å². The maximum atomic E-state index is 6.25. The van der Waals surface area contributed by atoms with Crippen molar-refractivity contribution in [2.75, 3.05) is 0 Å². The molecule has 3 heterocycles. The molecule has 0 fully saturated rings. The van der Waals surface area contributed by atoms with Gasteiger partial charge in [-0.15, -0.1) is 0 Å². The van der Waals surface area contributed by atoms with E-state index in [1.165, 1.54) is 33.4 Å². The fourth-order valence-corrected chi connectivity index (χ4v) is 10.1. The number of rotatable bonds is 6. The Hall–Kier alpha value is -8.34. The monoisotopic (exact) mass is 832 g/mol. The lowest BCUT2D eigenvalue weighted by Crippen LogP contribution is -2.14. The van der Waals surface area contributed by atoms with Crippen LogP contribution in [0.25, 0.3) is 122 Å². The minimum Gasteiger partial charge on any atom is -0.456 e. The summed E-state index contributed by atoms with van der Waals surface area (Å²) in [6, 6.07) is 73.2. The molecule has 306 valence electrons. The molecule has 4 nitrogen and oxygen atoms in total. The number of benzene rings is 9. The summed E-state index contributed by atoms with van der Waals surface area (Å²) >= 11 is 0. The van der Waals surface area contributed by atoms with Crippen LogP contribution in [0.1, 0.15) is 25.0 Å². The van der Waals surface area contributed by atoms with Crippen molar-refractivity contribution in [3.05, 3.63) is 217 Å². The Morgan fingerprint density at radius 2 is 0.785 bits per heavy atom. The summed E-state index contributed by atoms with van der Waals surface area (Å²) < 4.78 is 12.5. The van der Waals surface area contributed by atoms with Crippen LogP contribution in [0.15, 0.2) is 215 Å². The van der Waals surface area contributed by atoms with Crippen molar-refractivity contribution in [2.24, 2.45) is 0 Å². The van der Waals surface area contributed by atoms with E-state index in [1.54, 1.807) is 0 Å². The molecule has 4 heteroatoms. The van der Waals surface area contributed by atoms with Crippen molar-refractivity contribution in [3.8, 4) is 78.4 Å². The first-order chi connectivity index (χ1) is 31.9. The quantitative estimate of drug-likeness (QED) is 0.167. The van der Waals surface area contributed by atoms with Gasteiger partial charge in [0.15, 0.2) is 5.82 Å². The van der Waals surface area contributed by atoms with Crippen LogP contribution in [0.4, 0.5) is 0 Å². The molecule has 0 aliphatic heterocycles. The predicted octanol–water partition coefficient (Wildman–Crippen LogP) is 16.6. The molecular formula is C61H40N2O2. The summed E-state index contributed by atoms with van der Waals surface area (Å²) in [6.45, 7) is 4.67. The summed E-state index contributed by atoms with van der Waals surface area (Å²) in [6.07, 6.45) is 0. The molecule has 3 aromatic heterocycles. The average Bonchev–Trinajstić information content (AvgIpc) is 4.00. The highest BCUT2D eigenvalue weighted by atomic mass is 16.3. The van der Waals surface area contributed by atoms with Crippen LogP contribution in [0.5, 0.6) is 0 Å². The fraction of sp³-hybridized carbons (Fsp3) is 0.0492. The predicted molar refractivity (Wildman–Crippen MR) is 267 cm³/mol. The smallest absolute Gasteiger partial charge is 0.160 e. The van der Waals surface area contributed by atoms with Crippen LogP contribution in [-0.4, -0.2) is 9.97 Å². The fourth-order valence-electron chi connectivity index (χ4n) is 10.1. The number of para-hydroxylation sites is 2. The lowest BCUT2D eigenvalue weighted by Gasteiger charge is -2.22. The zero-order valence-electron chi connectivity index (χ0n) is 35.8. The third-order valence-corrected chi connectivity index (χ3v) is 13.5. The van der Waals surface area contributed by atoms with E-state index in [2.05, 4.69) is 178 Å². The molecule has 0 saturated carbocycles. The molecule has 0 bridgehead atoms. The number of fused-ring (bicyclic) bond motifs is 9. The number of furan rings is 2.